The number of fused-ring (bicyclic) bond motifs is 1. The molecule has 0 aliphatic heterocycles. The van der Waals surface area contributed by atoms with E-state index >= 15 is 0 Å². The molecule has 0 saturated heterocycles. The summed E-state index contributed by atoms with van der Waals surface area (Å²) in [6.07, 6.45) is 19.2. The molecule has 1 atom stereocenters. The molecule has 0 N–H and O–H groups in total. The Bertz CT molecular complexity index is 1130. The molecule has 0 bridgehead atoms. The summed E-state index contributed by atoms with van der Waals surface area (Å²) in [5.41, 5.74) is 3.17. The van der Waals surface area contributed by atoms with E-state index in [0.717, 1.165) is 38.0 Å². The number of hydrogen-bond donors (Lipinski definition) is 0. The van der Waals surface area contributed by atoms with Gasteiger partial charge in [0.2, 0.25) is 0 Å². The Morgan fingerprint density at radius 3 is 1.88 bits per heavy atom. The van der Waals surface area contributed by atoms with Crippen LogP contribution in [0.15, 0.2) is 60.7 Å². The second-order valence-electron chi connectivity index (χ2n) is 11.9. The van der Waals surface area contributed by atoms with Crippen molar-refractivity contribution in [3.05, 3.63) is 77.4 Å². The number of ether oxygens (including phenoxy) is 2. The molecule has 0 aromatic heterocycles. The van der Waals surface area contributed by atoms with E-state index in [-0.39, 0.29) is 5.97 Å². The lowest BCUT2D eigenvalue weighted by atomic mass is 10.0. The third kappa shape index (κ3) is 12.7. The van der Waals surface area contributed by atoms with Gasteiger partial charge in [0.05, 0.1) is 18.8 Å². The lowest BCUT2D eigenvalue weighted by Crippen LogP contribution is -2.11. The lowest BCUT2D eigenvalue weighted by molar-refractivity contribution is 0.0447. The van der Waals surface area contributed by atoms with E-state index in [4.69, 9.17) is 9.47 Å². The van der Waals surface area contributed by atoms with Gasteiger partial charge in [-0.2, -0.15) is 0 Å². The molecule has 3 heteroatoms. The Hall–Kier alpha value is -2.81. The smallest absolute Gasteiger partial charge is 0.338 e. The van der Waals surface area contributed by atoms with Gasteiger partial charge in [-0.3, -0.25) is 0 Å². The molecule has 0 unspecified atom stereocenters. The van der Waals surface area contributed by atoms with Crippen LogP contribution in [-0.4, -0.2) is 19.2 Å². The van der Waals surface area contributed by atoms with Gasteiger partial charge in [0.25, 0.3) is 0 Å². The van der Waals surface area contributed by atoms with Gasteiger partial charge >= 0.3 is 5.97 Å². The maximum atomic E-state index is 12.2. The highest BCUT2D eigenvalue weighted by molar-refractivity contribution is 5.89. The van der Waals surface area contributed by atoms with E-state index in [9.17, 15) is 4.79 Å². The first kappa shape index (κ1) is 32.7. The monoisotopic (exact) mass is 558 g/mol. The molecule has 0 aliphatic carbocycles. The van der Waals surface area contributed by atoms with Crippen molar-refractivity contribution in [2.45, 2.75) is 117 Å². The van der Waals surface area contributed by atoms with Crippen molar-refractivity contribution in [1.82, 2.24) is 0 Å². The molecule has 224 valence electrons. The first-order chi connectivity index (χ1) is 20.1. The molecule has 0 spiro atoms. The van der Waals surface area contributed by atoms with Crippen LogP contribution in [0.3, 0.4) is 0 Å². The summed E-state index contributed by atoms with van der Waals surface area (Å²) in [6, 6.07) is 21.0. The highest BCUT2D eigenvalue weighted by Crippen LogP contribution is 2.23. The average molecular weight is 559 g/mol. The maximum absolute atomic E-state index is 12.2. The Kier molecular flexibility index (Phi) is 15.4. The van der Waals surface area contributed by atoms with Crippen LogP contribution >= 0.6 is 0 Å². The molecule has 0 radical (unpaired) electrons. The Morgan fingerprint density at radius 2 is 1.22 bits per heavy atom. The molecule has 3 aromatic carbocycles. The number of aryl methyl sites for hydroxylation is 2. The molecule has 0 fully saturated rings. The third-order valence-corrected chi connectivity index (χ3v) is 8.23. The number of carbonyl (C=O) groups is 1. The van der Waals surface area contributed by atoms with Crippen molar-refractivity contribution in [3.8, 4) is 5.75 Å². The maximum Gasteiger partial charge on any atom is 0.338 e. The number of rotatable bonds is 21. The molecule has 3 rings (SSSR count). The van der Waals surface area contributed by atoms with Crippen molar-refractivity contribution in [2.75, 3.05) is 13.2 Å². The fourth-order valence-corrected chi connectivity index (χ4v) is 5.17. The zero-order valence-corrected chi connectivity index (χ0v) is 26.1. The predicted octanol–water partition coefficient (Wildman–Crippen LogP) is 10.9. The first-order valence-corrected chi connectivity index (χ1v) is 16.5. The largest absolute Gasteiger partial charge is 0.494 e. The van der Waals surface area contributed by atoms with Crippen LogP contribution in [0.1, 0.15) is 126 Å². The van der Waals surface area contributed by atoms with Gasteiger partial charge in [-0.15, -0.1) is 0 Å². The van der Waals surface area contributed by atoms with Crippen molar-refractivity contribution in [2.24, 2.45) is 5.92 Å². The zero-order valence-electron chi connectivity index (χ0n) is 26.1. The minimum atomic E-state index is -0.233. The van der Waals surface area contributed by atoms with Crippen LogP contribution < -0.4 is 4.74 Å². The SMILES string of the molecule is CCCCCCCCCCCCCCOc1ccc2cc(CCc3ccc(C(=O)OC[C@H](C)CC)cc3)ccc2c1. The van der Waals surface area contributed by atoms with Crippen LogP contribution in [0.5, 0.6) is 5.75 Å². The highest BCUT2D eigenvalue weighted by atomic mass is 16.5. The number of hydrogen-bond acceptors (Lipinski definition) is 3. The van der Waals surface area contributed by atoms with E-state index in [0.29, 0.717) is 18.1 Å². The quantitative estimate of drug-likeness (QED) is 0.0963. The Morgan fingerprint density at radius 1 is 0.659 bits per heavy atom. The van der Waals surface area contributed by atoms with Crippen molar-refractivity contribution < 1.29 is 14.3 Å². The van der Waals surface area contributed by atoms with Crippen LogP contribution in [0.2, 0.25) is 0 Å². The van der Waals surface area contributed by atoms with Crippen molar-refractivity contribution >= 4 is 16.7 Å². The standard InChI is InChI=1S/C38H54O3/c1-4-6-7-8-9-10-11-12-13-14-15-16-27-40-37-26-25-35-28-33(21-24-36(35)29-37)18-17-32-19-22-34(23-20-32)38(39)41-30-31(3)5-2/h19-26,28-29,31H,4-18,27,30H2,1-3H3/t31-/m1/s1. The topological polar surface area (TPSA) is 35.5 Å². The molecule has 3 nitrogen and oxygen atoms in total. The van der Waals surface area contributed by atoms with Gasteiger partial charge in [-0.1, -0.05) is 134 Å². The van der Waals surface area contributed by atoms with E-state index < -0.39 is 0 Å². The minimum absolute atomic E-state index is 0.233. The highest BCUT2D eigenvalue weighted by Gasteiger charge is 2.09. The molecule has 3 aromatic rings. The minimum Gasteiger partial charge on any atom is -0.494 e. The average Bonchev–Trinajstić information content (AvgIpc) is 3.01. The van der Waals surface area contributed by atoms with Gasteiger partial charge < -0.3 is 9.47 Å². The van der Waals surface area contributed by atoms with E-state index in [2.05, 4.69) is 57.2 Å². The van der Waals surface area contributed by atoms with E-state index in [1.54, 1.807) is 0 Å². The van der Waals surface area contributed by atoms with Crippen molar-refractivity contribution in [3.63, 3.8) is 0 Å². The first-order valence-electron chi connectivity index (χ1n) is 16.5. The predicted molar refractivity (Wildman–Crippen MR) is 174 cm³/mol. The fourth-order valence-electron chi connectivity index (χ4n) is 5.17. The van der Waals surface area contributed by atoms with Crippen LogP contribution in [0, 0.1) is 5.92 Å². The second-order valence-corrected chi connectivity index (χ2v) is 11.9. The normalized spacial score (nSPS) is 12.0. The second kappa shape index (κ2) is 19.3. The molecule has 0 amide bonds. The molecular weight excluding hydrogens is 504 g/mol. The summed E-state index contributed by atoms with van der Waals surface area (Å²) >= 11 is 0. The molecule has 0 aliphatic rings. The van der Waals surface area contributed by atoms with Crippen LogP contribution in [0.25, 0.3) is 10.8 Å². The van der Waals surface area contributed by atoms with Gasteiger partial charge in [-0.05, 0) is 71.3 Å². The molecule has 0 saturated carbocycles. The summed E-state index contributed by atoms with van der Waals surface area (Å²) in [5.74, 6) is 1.13. The summed E-state index contributed by atoms with van der Waals surface area (Å²) < 4.78 is 11.5. The van der Waals surface area contributed by atoms with Crippen LogP contribution in [-0.2, 0) is 17.6 Å². The lowest BCUT2D eigenvalue weighted by Gasteiger charge is -2.10. The summed E-state index contributed by atoms with van der Waals surface area (Å²) in [7, 11) is 0. The van der Waals surface area contributed by atoms with E-state index in [1.807, 2.05) is 24.3 Å². The molecular formula is C38H54O3. The van der Waals surface area contributed by atoms with Crippen LogP contribution in [0.4, 0.5) is 0 Å². The van der Waals surface area contributed by atoms with Gasteiger partial charge in [-0.25, -0.2) is 4.79 Å². The van der Waals surface area contributed by atoms with Gasteiger partial charge in [0, 0.05) is 0 Å². The van der Waals surface area contributed by atoms with Gasteiger partial charge in [0.1, 0.15) is 5.75 Å². The Labute approximate surface area is 250 Å². The molecule has 0 heterocycles. The fraction of sp³-hybridized carbons (Fsp3) is 0.553. The summed E-state index contributed by atoms with van der Waals surface area (Å²) in [4.78, 5) is 12.2. The van der Waals surface area contributed by atoms with Crippen molar-refractivity contribution in [1.29, 1.82) is 0 Å². The zero-order chi connectivity index (χ0) is 29.1. The summed E-state index contributed by atoms with van der Waals surface area (Å²) in [6.45, 7) is 7.76. The number of carbonyl (C=O) groups excluding carboxylic acids is 1. The van der Waals surface area contributed by atoms with E-state index in [1.165, 1.54) is 92.5 Å². The number of esters is 1. The summed E-state index contributed by atoms with van der Waals surface area (Å²) in [5, 5.41) is 2.47. The number of benzene rings is 3. The molecule has 41 heavy (non-hydrogen) atoms. The number of unbranched alkanes of at least 4 members (excludes halogenated alkanes) is 11. The third-order valence-electron chi connectivity index (χ3n) is 8.23. The van der Waals surface area contributed by atoms with Gasteiger partial charge in [0.15, 0.2) is 0 Å². The Balaban J connectivity index is 1.32.